The van der Waals surface area contributed by atoms with Crippen LogP contribution in [0.25, 0.3) is 0 Å². The summed E-state index contributed by atoms with van der Waals surface area (Å²) in [6, 6.07) is -0.545. The van der Waals surface area contributed by atoms with Crippen molar-refractivity contribution in [2.24, 2.45) is 5.92 Å². The molecule has 1 aliphatic heterocycles. The summed E-state index contributed by atoms with van der Waals surface area (Å²) < 4.78 is 29.2. The van der Waals surface area contributed by atoms with Gasteiger partial charge in [-0.05, 0) is 25.7 Å². The predicted octanol–water partition coefficient (Wildman–Crippen LogP) is 1.80. The number of carbonyl (C=O) groups excluding carboxylic acids is 1. The van der Waals surface area contributed by atoms with Crippen molar-refractivity contribution in [1.29, 1.82) is 0 Å². The highest BCUT2D eigenvalue weighted by molar-refractivity contribution is 7.91. The monoisotopic (exact) mass is 346 g/mol. The number of rotatable bonds is 5. The van der Waals surface area contributed by atoms with E-state index in [1.807, 2.05) is 0 Å². The molecule has 134 valence electrons. The maximum Gasteiger partial charge on any atom is 0.317 e. The molecule has 0 bridgehead atoms. The van der Waals surface area contributed by atoms with E-state index < -0.39 is 9.84 Å². The van der Waals surface area contributed by atoms with Gasteiger partial charge in [-0.1, -0.05) is 26.2 Å². The largest absolute Gasteiger partial charge is 0.374 e. The Kier molecular flexibility index (Phi) is 6.71. The van der Waals surface area contributed by atoms with Crippen LogP contribution < -0.4 is 5.32 Å². The van der Waals surface area contributed by atoms with Crippen LogP contribution >= 0.6 is 0 Å². The quantitative estimate of drug-likeness (QED) is 0.823. The number of nitrogens with zero attached hydrogens (tertiary/aromatic N) is 1. The zero-order valence-electron chi connectivity index (χ0n) is 14.3. The molecule has 2 fully saturated rings. The van der Waals surface area contributed by atoms with E-state index in [1.165, 1.54) is 32.1 Å². The number of urea groups is 1. The van der Waals surface area contributed by atoms with Gasteiger partial charge >= 0.3 is 6.03 Å². The number of hydrogen-bond donors (Lipinski definition) is 1. The fourth-order valence-corrected chi connectivity index (χ4v) is 4.57. The third kappa shape index (κ3) is 5.64. The standard InChI is InChI=1S/C16H30N2O4S/c1-3-23(20,21)12-13(2)17-16(19)18-9-10-22-15(11-18)14-7-5-4-6-8-14/h13-15H,3-12H2,1-2H3,(H,17,19)/t13-,15+/m0/s1. The van der Waals surface area contributed by atoms with Gasteiger partial charge in [-0.2, -0.15) is 0 Å². The Hall–Kier alpha value is -0.820. The van der Waals surface area contributed by atoms with Gasteiger partial charge in [0.2, 0.25) is 0 Å². The maximum absolute atomic E-state index is 12.4. The van der Waals surface area contributed by atoms with E-state index in [4.69, 9.17) is 4.74 Å². The topological polar surface area (TPSA) is 75.7 Å². The minimum Gasteiger partial charge on any atom is -0.374 e. The molecule has 0 aromatic carbocycles. The first-order valence-electron chi connectivity index (χ1n) is 8.78. The molecule has 0 aromatic heterocycles. The van der Waals surface area contributed by atoms with Crippen molar-refractivity contribution in [1.82, 2.24) is 10.2 Å². The van der Waals surface area contributed by atoms with Gasteiger partial charge in [-0.25, -0.2) is 13.2 Å². The lowest BCUT2D eigenvalue weighted by molar-refractivity contribution is -0.0526. The van der Waals surface area contributed by atoms with Crippen LogP contribution in [0.4, 0.5) is 4.79 Å². The lowest BCUT2D eigenvalue weighted by Gasteiger charge is -2.38. The maximum atomic E-state index is 12.4. The number of amides is 2. The first-order chi connectivity index (χ1) is 10.9. The van der Waals surface area contributed by atoms with E-state index in [0.717, 1.165) is 0 Å². The molecule has 1 heterocycles. The van der Waals surface area contributed by atoms with Crippen LogP contribution in [-0.2, 0) is 14.6 Å². The lowest BCUT2D eigenvalue weighted by atomic mass is 9.84. The van der Waals surface area contributed by atoms with Crippen LogP contribution in [0.1, 0.15) is 46.0 Å². The second-order valence-electron chi connectivity index (χ2n) is 6.80. The van der Waals surface area contributed by atoms with E-state index in [1.54, 1.807) is 18.7 Å². The molecular weight excluding hydrogens is 316 g/mol. The number of nitrogens with one attached hydrogen (secondary N) is 1. The van der Waals surface area contributed by atoms with Crippen LogP contribution in [0.15, 0.2) is 0 Å². The summed E-state index contributed by atoms with van der Waals surface area (Å²) in [6.07, 6.45) is 6.31. The molecule has 2 rings (SSSR count). The molecule has 2 aliphatic rings. The molecule has 6 nitrogen and oxygen atoms in total. The summed E-state index contributed by atoms with van der Waals surface area (Å²) in [5.74, 6) is 0.650. The average molecular weight is 346 g/mol. The molecule has 2 amide bonds. The van der Waals surface area contributed by atoms with Gasteiger partial charge in [0.15, 0.2) is 9.84 Å². The highest BCUT2D eigenvalue weighted by Gasteiger charge is 2.31. The normalized spacial score (nSPS) is 25.1. The first-order valence-corrected chi connectivity index (χ1v) is 10.6. The molecule has 2 atom stereocenters. The second kappa shape index (κ2) is 8.33. The van der Waals surface area contributed by atoms with Crippen LogP contribution in [0.3, 0.4) is 0 Å². The highest BCUT2D eigenvalue weighted by Crippen LogP contribution is 2.29. The zero-order valence-corrected chi connectivity index (χ0v) is 15.1. The van der Waals surface area contributed by atoms with Crippen LogP contribution in [0.5, 0.6) is 0 Å². The molecule has 1 N–H and O–H groups in total. The third-order valence-electron chi connectivity index (χ3n) is 4.87. The van der Waals surface area contributed by atoms with E-state index in [9.17, 15) is 13.2 Å². The summed E-state index contributed by atoms with van der Waals surface area (Å²) in [6.45, 7) is 5.12. The van der Waals surface area contributed by atoms with Gasteiger partial charge in [0, 0.05) is 24.9 Å². The van der Waals surface area contributed by atoms with Gasteiger partial charge in [0.25, 0.3) is 0 Å². The van der Waals surface area contributed by atoms with Gasteiger partial charge < -0.3 is 15.0 Å². The Morgan fingerprint density at radius 2 is 2.00 bits per heavy atom. The van der Waals surface area contributed by atoms with Gasteiger partial charge in [-0.15, -0.1) is 0 Å². The van der Waals surface area contributed by atoms with E-state index in [0.29, 0.717) is 25.6 Å². The molecule has 1 saturated carbocycles. The van der Waals surface area contributed by atoms with Crippen LogP contribution in [0, 0.1) is 5.92 Å². The van der Waals surface area contributed by atoms with E-state index in [-0.39, 0.29) is 29.7 Å². The van der Waals surface area contributed by atoms with Crippen LogP contribution in [-0.4, -0.2) is 62.7 Å². The lowest BCUT2D eigenvalue weighted by Crippen LogP contribution is -2.53. The summed E-state index contributed by atoms with van der Waals surface area (Å²) in [5.41, 5.74) is 0. The molecule has 0 aromatic rings. The summed E-state index contributed by atoms with van der Waals surface area (Å²) in [5, 5.41) is 2.82. The van der Waals surface area contributed by atoms with E-state index in [2.05, 4.69) is 5.32 Å². The fraction of sp³-hybridized carbons (Fsp3) is 0.938. The molecule has 7 heteroatoms. The second-order valence-corrected chi connectivity index (χ2v) is 9.20. The number of ether oxygens (including phenoxy) is 1. The average Bonchev–Trinajstić information content (AvgIpc) is 2.55. The Morgan fingerprint density at radius 3 is 2.65 bits per heavy atom. The third-order valence-corrected chi connectivity index (χ3v) is 6.76. The number of morpholine rings is 1. The summed E-state index contributed by atoms with van der Waals surface area (Å²) >= 11 is 0. The highest BCUT2D eigenvalue weighted by atomic mass is 32.2. The Balaban J connectivity index is 1.84. The Labute approximate surface area is 139 Å². The van der Waals surface area contributed by atoms with Crippen molar-refractivity contribution in [3.63, 3.8) is 0 Å². The van der Waals surface area contributed by atoms with Crippen molar-refractivity contribution >= 4 is 15.9 Å². The van der Waals surface area contributed by atoms with Crippen molar-refractivity contribution in [2.45, 2.75) is 58.1 Å². The van der Waals surface area contributed by atoms with Gasteiger partial charge in [0.05, 0.1) is 18.5 Å². The minimum atomic E-state index is -3.08. The molecule has 0 unspecified atom stereocenters. The Morgan fingerprint density at radius 1 is 1.30 bits per heavy atom. The fourth-order valence-electron chi connectivity index (χ4n) is 3.49. The van der Waals surface area contributed by atoms with Crippen molar-refractivity contribution in [2.75, 3.05) is 31.2 Å². The first kappa shape index (κ1) is 18.5. The van der Waals surface area contributed by atoms with Crippen LogP contribution in [0.2, 0.25) is 0 Å². The smallest absolute Gasteiger partial charge is 0.317 e. The number of sulfone groups is 1. The molecule has 0 spiro atoms. The Bertz CT molecular complexity index is 488. The summed E-state index contributed by atoms with van der Waals surface area (Å²) in [7, 11) is -3.08. The van der Waals surface area contributed by atoms with Gasteiger partial charge in [0.1, 0.15) is 0 Å². The zero-order chi connectivity index (χ0) is 16.9. The van der Waals surface area contributed by atoms with Crippen molar-refractivity contribution < 1.29 is 17.9 Å². The predicted molar refractivity (Wildman–Crippen MR) is 90.2 cm³/mol. The molecule has 1 aliphatic carbocycles. The molecule has 0 radical (unpaired) electrons. The van der Waals surface area contributed by atoms with Crippen molar-refractivity contribution in [3.8, 4) is 0 Å². The van der Waals surface area contributed by atoms with E-state index >= 15 is 0 Å². The minimum absolute atomic E-state index is 0.00830. The number of hydrogen-bond acceptors (Lipinski definition) is 4. The molecule has 1 saturated heterocycles. The number of carbonyl (C=O) groups is 1. The van der Waals surface area contributed by atoms with Gasteiger partial charge in [-0.3, -0.25) is 0 Å². The SMILES string of the molecule is CCS(=O)(=O)C[C@H](C)NC(=O)N1CCO[C@@H](C2CCCCC2)C1. The molecular formula is C16H30N2O4S. The molecule has 23 heavy (non-hydrogen) atoms. The summed E-state index contributed by atoms with van der Waals surface area (Å²) in [4.78, 5) is 14.2. The van der Waals surface area contributed by atoms with Crippen molar-refractivity contribution in [3.05, 3.63) is 0 Å².